The number of allylic oxidation sites excluding steroid dienone is 1. The molecule has 1 heterocycles. The van der Waals surface area contributed by atoms with Crippen LogP contribution in [0.1, 0.15) is 32.6 Å². The molecule has 0 bridgehead atoms. The highest BCUT2D eigenvalue weighted by atomic mass is 79.9. The monoisotopic (exact) mass is 434 g/mol. The summed E-state index contributed by atoms with van der Waals surface area (Å²) in [6, 6.07) is 19.5. The van der Waals surface area contributed by atoms with E-state index < -0.39 is 0 Å². The Morgan fingerprint density at radius 2 is 1.82 bits per heavy atom. The van der Waals surface area contributed by atoms with Gasteiger partial charge in [0.25, 0.3) is 0 Å². The number of Topliss-reactive ketones (excluding diaryl/α,β-unsaturated/α-hetero) is 1. The van der Waals surface area contributed by atoms with E-state index in [1.807, 2.05) is 49.4 Å². The van der Waals surface area contributed by atoms with Gasteiger partial charge in [-0.25, -0.2) is 0 Å². The highest BCUT2D eigenvalue weighted by Gasteiger charge is 2.30. The van der Waals surface area contributed by atoms with Crippen LogP contribution in [0.25, 0.3) is 6.08 Å². The predicted molar refractivity (Wildman–Crippen MR) is 114 cm³/mol. The molecule has 3 aromatic carbocycles. The molecular formula is C24H19BrO3. The number of carbonyl (C=O) groups excluding carboxylic acids is 1. The van der Waals surface area contributed by atoms with Crippen LogP contribution in [0.3, 0.4) is 0 Å². The number of hydrogen-bond acceptors (Lipinski definition) is 3. The lowest BCUT2D eigenvalue weighted by atomic mass is 10.0. The number of ketones is 1. The smallest absolute Gasteiger partial charge is 0.232 e. The van der Waals surface area contributed by atoms with E-state index in [-0.39, 0.29) is 5.78 Å². The van der Waals surface area contributed by atoms with Crippen LogP contribution >= 0.6 is 15.9 Å². The van der Waals surface area contributed by atoms with Crippen LogP contribution in [-0.4, -0.2) is 5.78 Å². The average Bonchev–Trinajstić information content (AvgIpc) is 2.97. The maximum Gasteiger partial charge on any atom is 0.232 e. The van der Waals surface area contributed by atoms with Crippen LogP contribution in [0.2, 0.25) is 0 Å². The van der Waals surface area contributed by atoms with Crippen molar-refractivity contribution in [3.05, 3.63) is 98.7 Å². The normalized spacial score (nSPS) is 14.1. The summed E-state index contributed by atoms with van der Waals surface area (Å²) < 4.78 is 12.8. The molecular weight excluding hydrogens is 416 g/mol. The van der Waals surface area contributed by atoms with Gasteiger partial charge in [-0.15, -0.1) is 0 Å². The number of aryl methyl sites for hydroxylation is 2. The number of fused-ring (bicyclic) bond motifs is 1. The molecule has 0 aliphatic carbocycles. The van der Waals surface area contributed by atoms with Crippen LogP contribution < -0.4 is 9.47 Å². The van der Waals surface area contributed by atoms with Crippen molar-refractivity contribution in [2.45, 2.75) is 20.5 Å². The Labute approximate surface area is 172 Å². The SMILES string of the molecule is Cc1ccccc1COc1cc(C)c2c(c1)O/C(=C\c1cccc(Br)c1)C2=O. The van der Waals surface area contributed by atoms with Crippen LogP contribution in [0.4, 0.5) is 0 Å². The molecule has 4 heteroatoms. The first-order valence-corrected chi connectivity index (χ1v) is 9.82. The third-order valence-electron chi connectivity index (χ3n) is 4.75. The zero-order valence-corrected chi connectivity index (χ0v) is 17.2. The third kappa shape index (κ3) is 3.73. The Kier molecular flexibility index (Phi) is 5.05. The van der Waals surface area contributed by atoms with Crippen LogP contribution in [0.15, 0.2) is 70.9 Å². The number of halogens is 1. The van der Waals surface area contributed by atoms with Crippen molar-refractivity contribution in [2.75, 3.05) is 0 Å². The topological polar surface area (TPSA) is 35.5 Å². The van der Waals surface area contributed by atoms with Crippen molar-refractivity contribution in [1.82, 2.24) is 0 Å². The van der Waals surface area contributed by atoms with Gasteiger partial charge in [-0.2, -0.15) is 0 Å². The molecule has 140 valence electrons. The van der Waals surface area contributed by atoms with E-state index in [1.165, 1.54) is 5.56 Å². The quantitative estimate of drug-likeness (QED) is 0.454. The third-order valence-corrected chi connectivity index (χ3v) is 5.24. The van der Waals surface area contributed by atoms with Crippen LogP contribution in [0.5, 0.6) is 11.5 Å². The van der Waals surface area contributed by atoms with E-state index in [4.69, 9.17) is 9.47 Å². The molecule has 0 N–H and O–H groups in total. The highest BCUT2D eigenvalue weighted by Crippen LogP contribution is 2.37. The van der Waals surface area contributed by atoms with Crippen molar-refractivity contribution in [3.8, 4) is 11.5 Å². The molecule has 0 fully saturated rings. The van der Waals surface area contributed by atoms with E-state index in [0.717, 1.165) is 21.2 Å². The molecule has 28 heavy (non-hydrogen) atoms. The zero-order chi connectivity index (χ0) is 19.7. The maximum absolute atomic E-state index is 12.8. The van der Waals surface area contributed by atoms with E-state index in [0.29, 0.717) is 29.4 Å². The Morgan fingerprint density at radius 1 is 1.00 bits per heavy atom. The van der Waals surface area contributed by atoms with Gasteiger partial charge in [0, 0.05) is 10.5 Å². The molecule has 3 aromatic rings. The first-order valence-electron chi connectivity index (χ1n) is 9.03. The van der Waals surface area contributed by atoms with Crippen molar-refractivity contribution in [2.24, 2.45) is 0 Å². The van der Waals surface area contributed by atoms with Crippen molar-refractivity contribution < 1.29 is 14.3 Å². The van der Waals surface area contributed by atoms with Crippen LogP contribution in [-0.2, 0) is 6.61 Å². The van der Waals surface area contributed by atoms with Gasteiger partial charge in [0.2, 0.25) is 5.78 Å². The van der Waals surface area contributed by atoms with E-state index in [2.05, 4.69) is 35.0 Å². The Balaban J connectivity index is 1.58. The summed E-state index contributed by atoms with van der Waals surface area (Å²) in [5.41, 5.74) is 4.67. The fourth-order valence-electron chi connectivity index (χ4n) is 3.24. The second kappa shape index (κ2) is 7.64. The minimum atomic E-state index is -0.0991. The molecule has 1 aliphatic rings. The Morgan fingerprint density at radius 3 is 2.61 bits per heavy atom. The van der Waals surface area contributed by atoms with E-state index in [1.54, 1.807) is 12.1 Å². The van der Waals surface area contributed by atoms with Gasteiger partial charge >= 0.3 is 0 Å². The van der Waals surface area contributed by atoms with Crippen molar-refractivity contribution >= 4 is 27.8 Å². The summed E-state index contributed by atoms with van der Waals surface area (Å²) in [6.45, 7) is 4.44. The fourth-order valence-corrected chi connectivity index (χ4v) is 3.66. The molecule has 0 saturated carbocycles. The van der Waals surface area contributed by atoms with E-state index >= 15 is 0 Å². The standard InChI is InChI=1S/C24H19BrO3/c1-15-6-3-4-8-18(15)14-27-20-10-16(2)23-21(13-20)28-22(24(23)26)12-17-7-5-9-19(25)11-17/h3-13H,14H2,1-2H3/b22-12-. The second-order valence-electron chi connectivity index (χ2n) is 6.82. The summed E-state index contributed by atoms with van der Waals surface area (Å²) in [5.74, 6) is 1.47. The summed E-state index contributed by atoms with van der Waals surface area (Å²) >= 11 is 3.45. The number of benzene rings is 3. The predicted octanol–water partition coefficient (Wildman–Crippen LogP) is 6.26. The Hall–Kier alpha value is -2.85. The van der Waals surface area contributed by atoms with Gasteiger partial charge in [0.05, 0.1) is 5.56 Å². The largest absolute Gasteiger partial charge is 0.489 e. The van der Waals surface area contributed by atoms with Gasteiger partial charge in [0.15, 0.2) is 5.76 Å². The van der Waals surface area contributed by atoms with Gasteiger partial charge in [0.1, 0.15) is 18.1 Å². The van der Waals surface area contributed by atoms with Gasteiger partial charge in [-0.05, 0) is 60.4 Å². The number of hydrogen-bond donors (Lipinski definition) is 0. The fraction of sp³-hybridized carbons (Fsp3) is 0.125. The van der Waals surface area contributed by atoms with Gasteiger partial charge in [-0.3, -0.25) is 4.79 Å². The van der Waals surface area contributed by atoms with Gasteiger partial charge in [-0.1, -0.05) is 52.3 Å². The van der Waals surface area contributed by atoms with Gasteiger partial charge < -0.3 is 9.47 Å². The number of carbonyl (C=O) groups is 1. The zero-order valence-electron chi connectivity index (χ0n) is 15.7. The molecule has 0 unspecified atom stereocenters. The molecule has 0 spiro atoms. The molecule has 0 radical (unpaired) electrons. The van der Waals surface area contributed by atoms with Crippen molar-refractivity contribution in [1.29, 1.82) is 0 Å². The second-order valence-corrected chi connectivity index (χ2v) is 7.74. The molecule has 3 nitrogen and oxygen atoms in total. The first kappa shape index (κ1) is 18.5. The number of rotatable bonds is 4. The minimum absolute atomic E-state index is 0.0991. The molecule has 0 aromatic heterocycles. The summed E-state index contributed by atoms with van der Waals surface area (Å²) in [7, 11) is 0. The molecule has 0 saturated heterocycles. The molecule has 1 aliphatic heterocycles. The van der Waals surface area contributed by atoms with Crippen LogP contribution in [0, 0.1) is 13.8 Å². The summed E-state index contributed by atoms with van der Waals surface area (Å²) in [6.07, 6.45) is 1.76. The number of ether oxygens (including phenoxy) is 2. The molecule has 0 atom stereocenters. The Bertz CT molecular complexity index is 1100. The maximum atomic E-state index is 12.8. The molecule has 4 rings (SSSR count). The molecule has 0 amide bonds. The minimum Gasteiger partial charge on any atom is -0.489 e. The van der Waals surface area contributed by atoms with Crippen molar-refractivity contribution in [3.63, 3.8) is 0 Å². The lowest BCUT2D eigenvalue weighted by molar-refractivity contribution is 0.101. The first-order chi connectivity index (χ1) is 13.5. The lowest BCUT2D eigenvalue weighted by Gasteiger charge is -2.10. The lowest BCUT2D eigenvalue weighted by Crippen LogP contribution is -2.00. The summed E-state index contributed by atoms with van der Waals surface area (Å²) in [5, 5.41) is 0. The van der Waals surface area contributed by atoms with E-state index in [9.17, 15) is 4.79 Å². The average molecular weight is 435 g/mol. The highest BCUT2D eigenvalue weighted by molar-refractivity contribution is 9.10. The summed E-state index contributed by atoms with van der Waals surface area (Å²) in [4.78, 5) is 12.8.